The van der Waals surface area contributed by atoms with Crippen LogP contribution in [0.15, 0.2) is 0 Å². The van der Waals surface area contributed by atoms with E-state index in [4.69, 9.17) is 11.5 Å². The standard InChI is InChI=1S/C10H24N2/c1-5-10(4,12)7-6-9(2,3)8-11/h5-8,11-12H2,1-4H3. The van der Waals surface area contributed by atoms with Crippen molar-refractivity contribution in [2.75, 3.05) is 6.54 Å². The minimum atomic E-state index is -0.00750. The van der Waals surface area contributed by atoms with Crippen LogP contribution in [0.4, 0.5) is 0 Å². The van der Waals surface area contributed by atoms with E-state index in [9.17, 15) is 0 Å². The lowest BCUT2D eigenvalue weighted by atomic mass is 9.82. The van der Waals surface area contributed by atoms with Crippen molar-refractivity contribution in [2.24, 2.45) is 16.9 Å². The van der Waals surface area contributed by atoms with Crippen LogP contribution in [0.1, 0.15) is 47.0 Å². The van der Waals surface area contributed by atoms with E-state index in [1.165, 1.54) is 0 Å². The van der Waals surface area contributed by atoms with Crippen LogP contribution >= 0.6 is 0 Å². The number of nitrogens with two attached hydrogens (primary N) is 2. The Hall–Kier alpha value is -0.0800. The second-order valence-corrected chi connectivity index (χ2v) is 4.88. The van der Waals surface area contributed by atoms with Crippen molar-refractivity contribution in [3.8, 4) is 0 Å². The number of hydrogen-bond acceptors (Lipinski definition) is 2. The summed E-state index contributed by atoms with van der Waals surface area (Å²) in [5.41, 5.74) is 11.9. The van der Waals surface area contributed by atoms with E-state index in [1.807, 2.05) is 0 Å². The Kier molecular flexibility index (Phi) is 4.21. The fourth-order valence-corrected chi connectivity index (χ4v) is 0.903. The molecule has 0 aromatic rings. The third-order valence-corrected chi connectivity index (χ3v) is 2.73. The average Bonchev–Trinajstić information content (AvgIpc) is 2.02. The third-order valence-electron chi connectivity index (χ3n) is 2.73. The molecule has 74 valence electrons. The molecule has 1 atom stereocenters. The molecule has 2 heteroatoms. The van der Waals surface area contributed by atoms with Gasteiger partial charge >= 0.3 is 0 Å². The molecule has 0 aromatic carbocycles. The smallest absolute Gasteiger partial charge is 0.0123 e. The first kappa shape index (κ1) is 11.9. The van der Waals surface area contributed by atoms with Crippen molar-refractivity contribution in [3.63, 3.8) is 0 Å². The van der Waals surface area contributed by atoms with Gasteiger partial charge in [-0.05, 0) is 38.1 Å². The van der Waals surface area contributed by atoms with Gasteiger partial charge in [0.2, 0.25) is 0 Å². The van der Waals surface area contributed by atoms with Crippen LogP contribution in [-0.4, -0.2) is 12.1 Å². The molecule has 0 spiro atoms. The summed E-state index contributed by atoms with van der Waals surface area (Å²) in [5, 5.41) is 0. The Morgan fingerprint density at radius 1 is 1.08 bits per heavy atom. The van der Waals surface area contributed by atoms with Gasteiger partial charge in [-0.15, -0.1) is 0 Å². The molecule has 0 saturated heterocycles. The minimum absolute atomic E-state index is 0.00750. The zero-order valence-electron chi connectivity index (χ0n) is 8.98. The summed E-state index contributed by atoms with van der Waals surface area (Å²) in [7, 11) is 0. The molecule has 0 bridgehead atoms. The molecule has 0 aliphatic rings. The Morgan fingerprint density at radius 3 is 1.92 bits per heavy atom. The normalized spacial score (nSPS) is 17.5. The van der Waals surface area contributed by atoms with E-state index in [0.717, 1.165) is 25.8 Å². The van der Waals surface area contributed by atoms with E-state index in [0.29, 0.717) is 0 Å². The lowest BCUT2D eigenvalue weighted by molar-refractivity contribution is 0.283. The highest BCUT2D eigenvalue weighted by molar-refractivity contribution is 4.80. The van der Waals surface area contributed by atoms with Gasteiger partial charge in [0.15, 0.2) is 0 Å². The highest BCUT2D eigenvalue weighted by Crippen LogP contribution is 2.25. The molecule has 0 fully saturated rings. The SMILES string of the molecule is CCC(C)(N)CCC(C)(C)CN. The molecule has 4 N–H and O–H groups in total. The fourth-order valence-electron chi connectivity index (χ4n) is 0.903. The predicted molar refractivity (Wildman–Crippen MR) is 55.0 cm³/mol. The molecular formula is C10H24N2. The van der Waals surface area contributed by atoms with Crippen LogP contribution < -0.4 is 11.5 Å². The molecule has 0 aromatic heterocycles. The Morgan fingerprint density at radius 2 is 1.58 bits per heavy atom. The first-order chi connectivity index (χ1) is 5.33. The Bertz CT molecular complexity index is 112. The van der Waals surface area contributed by atoms with Crippen LogP contribution in [-0.2, 0) is 0 Å². The van der Waals surface area contributed by atoms with Gasteiger partial charge in [0.25, 0.3) is 0 Å². The maximum Gasteiger partial charge on any atom is 0.0123 e. The summed E-state index contributed by atoms with van der Waals surface area (Å²) < 4.78 is 0. The molecule has 1 unspecified atom stereocenters. The van der Waals surface area contributed by atoms with Crippen molar-refractivity contribution in [1.82, 2.24) is 0 Å². The van der Waals surface area contributed by atoms with Crippen molar-refractivity contribution < 1.29 is 0 Å². The highest BCUT2D eigenvalue weighted by atomic mass is 14.7. The van der Waals surface area contributed by atoms with E-state index in [2.05, 4.69) is 27.7 Å². The summed E-state index contributed by atoms with van der Waals surface area (Å²) >= 11 is 0. The zero-order chi connectivity index (χ0) is 9.83. The van der Waals surface area contributed by atoms with Crippen LogP contribution in [0.25, 0.3) is 0 Å². The predicted octanol–water partition coefficient (Wildman–Crippen LogP) is 1.88. The molecule has 12 heavy (non-hydrogen) atoms. The Balaban J connectivity index is 3.82. The van der Waals surface area contributed by atoms with Crippen LogP contribution in [0.3, 0.4) is 0 Å². The van der Waals surface area contributed by atoms with E-state index < -0.39 is 0 Å². The molecule has 0 heterocycles. The van der Waals surface area contributed by atoms with Gasteiger partial charge in [0.1, 0.15) is 0 Å². The summed E-state index contributed by atoms with van der Waals surface area (Å²) in [6, 6.07) is 0. The lowest BCUT2D eigenvalue weighted by Gasteiger charge is -2.29. The largest absolute Gasteiger partial charge is 0.330 e. The van der Waals surface area contributed by atoms with Crippen LogP contribution in [0.5, 0.6) is 0 Å². The summed E-state index contributed by atoms with van der Waals surface area (Å²) in [6.07, 6.45) is 3.21. The second-order valence-electron chi connectivity index (χ2n) is 4.88. The molecule has 0 aliphatic heterocycles. The second kappa shape index (κ2) is 4.24. The van der Waals surface area contributed by atoms with E-state index in [1.54, 1.807) is 0 Å². The number of hydrogen-bond donors (Lipinski definition) is 2. The molecule has 0 aliphatic carbocycles. The van der Waals surface area contributed by atoms with Crippen LogP contribution in [0.2, 0.25) is 0 Å². The monoisotopic (exact) mass is 172 g/mol. The highest BCUT2D eigenvalue weighted by Gasteiger charge is 2.21. The van der Waals surface area contributed by atoms with Gasteiger partial charge in [-0.3, -0.25) is 0 Å². The zero-order valence-corrected chi connectivity index (χ0v) is 8.98. The first-order valence-corrected chi connectivity index (χ1v) is 4.82. The fraction of sp³-hybridized carbons (Fsp3) is 1.00. The van der Waals surface area contributed by atoms with Gasteiger partial charge in [0, 0.05) is 5.54 Å². The molecular weight excluding hydrogens is 148 g/mol. The van der Waals surface area contributed by atoms with Crippen molar-refractivity contribution in [1.29, 1.82) is 0 Å². The lowest BCUT2D eigenvalue weighted by Crippen LogP contribution is -2.37. The van der Waals surface area contributed by atoms with E-state index >= 15 is 0 Å². The topological polar surface area (TPSA) is 52.0 Å². The molecule has 2 nitrogen and oxygen atoms in total. The first-order valence-electron chi connectivity index (χ1n) is 4.82. The van der Waals surface area contributed by atoms with Gasteiger partial charge < -0.3 is 11.5 Å². The summed E-state index contributed by atoms with van der Waals surface area (Å²) in [4.78, 5) is 0. The van der Waals surface area contributed by atoms with Crippen LogP contribution in [0, 0.1) is 5.41 Å². The van der Waals surface area contributed by atoms with Gasteiger partial charge in [-0.2, -0.15) is 0 Å². The van der Waals surface area contributed by atoms with Gasteiger partial charge in [0.05, 0.1) is 0 Å². The van der Waals surface area contributed by atoms with Crippen molar-refractivity contribution >= 4 is 0 Å². The quantitative estimate of drug-likeness (QED) is 0.665. The summed E-state index contributed by atoms with van der Waals surface area (Å²) in [5.74, 6) is 0. The molecule has 0 rings (SSSR count). The van der Waals surface area contributed by atoms with Gasteiger partial charge in [-0.1, -0.05) is 20.8 Å². The minimum Gasteiger partial charge on any atom is -0.330 e. The van der Waals surface area contributed by atoms with Crippen molar-refractivity contribution in [3.05, 3.63) is 0 Å². The van der Waals surface area contributed by atoms with Crippen molar-refractivity contribution in [2.45, 2.75) is 52.5 Å². The number of rotatable bonds is 5. The molecule has 0 radical (unpaired) electrons. The Labute approximate surface area is 76.7 Å². The van der Waals surface area contributed by atoms with Gasteiger partial charge in [-0.25, -0.2) is 0 Å². The maximum absolute atomic E-state index is 6.04. The maximum atomic E-state index is 6.04. The van der Waals surface area contributed by atoms with E-state index in [-0.39, 0.29) is 11.0 Å². The average molecular weight is 172 g/mol. The molecule has 0 saturated carbocycles. The molecule has 0 amide bonds. The summed E-state index contributed by atoms with van der Waals surface area (Å²) in [6.45, 7) is 9.37. The third kappa shape index (κ3) is 4.73.